The standard InChI is InChI=1S/C22H22O12/c1-31-13-3-2-8(4-9(13)24)14-6-11(26)16-10(25)5-12(27)20(21(16)32-14)34-22-19(30)18(29)17(28)15(7-23)33-22/h2-6,15,17-19,22-25,27-30H,7H2,1H3/t15-,17-,18+,19-,22+/m1/s1. The van der Waals surface area contributed by atoms with Gasteiger partial charge in [0.25, 0.3) is 0 Å². The Hall–Kier alpha value is -3.55. The molecule has 1 aromatic heterocycles. The van der Waals surface area contributed by atoms with Crippen molar-refractivity contribution in [3.63, 3.8) is 0 Å². The first kappa shape index (κ1) is 23.6. The van der Waals surface area contributed by atoms with Crippen LogP contribution in [-0.2, 0) is 4.74 Å². The summed E-state index contributed by atoms with van der Waals surface area (Å²) >= 11 is 0. The van der Waals surface area contributed by atoms with Crippen molar-refractivity contribution in [2.45, 2.75) is 30.7 Å². The lowest BCUT2D eigenvalue weighted by Gasteiger charge is -2.39. The van der Waals surface area contributed by atoms with Crippen molar-refractivity contribution >= 4 is 11.0 Å². The number of rotatable bonds is 5. The van der Waals surface area contributed by atoms with Gasteiger partial charge in [-0.1, -0.05) is 0 Å². The van der Waals surface area contributed by atoms with Gasteiger partial charge in [0.1, 0.15) is 41.3 Å². The Kier molecular flexibility index (Phi) is 6.25. The maximum atomic E-state index is 12.8. The fraction of sp³-hybridized carbons (Fsp3) is 0.318. The minimum absolute atomic E-state index is 0.0703. The Morgan fingerprint density at radius 2 is 1.68 bits per heavy atom. The van der Waals surface area contributed by atoms with Crippen LogP contribution in [-0.4, -0.2) is 80.2 Å². The molecule has 1 aliphatic heterocycles. The molecule has 3 aromatic rings. The zero-order valence-electron chi connectivity index (χ0n) is 17.7. The number of phenols is 3. The van der Waals surface area contributed by atoms with Crippen LogP contribution in [0, 0.1) is 0 Å². The van der Waals surface area contributed by atoms with Gasteiger partial charge in [-0.15, -0.1) is 0 Å². The number of hydrogen-bond donors (Lipinski definition) is 7. The van der Waals surface area contributed by atoms with Gasteiger partial charge in [-0.3, -0.25) is 4.79 Å². The molecule has 1 aliphatic rings. The smallest absolute Gasteiger partial charge is 0.229 e. The molecule has 1 saturated heterocycles. The number of aliphatic hydroxyl groups is 4. The third-order valence-electron chi connectivity index (χ3n) is 5.46. The monoisotopic (exact) mass is 478 g/mol. The van der Waals surface area contributed by atoms with Crippen molar-refractivity contribution in [3.8, 4) is 40.1 Å². The van der Waals surface area contributed by atoms with Crippen LogP contribution in [0.2, 0.25) is 0 Å². The van der Waals surface area contributed by atoms with Gasteiger partial charge in [0, 0.05) is 17.7 Å². The summed E-state index contributed by atoms with van der Waals surface area (Å²) in [4.78, 5) is 12.8. The molecule has 0 amide bonds. The second-order valence-electron chi connectivity index (χ2n) is 7.62. The fourth-order valence-electron chi connectivity index (χ4n) is 3.66. The highest BCUT2D eigenvalue weighted by atomic mass is 16.7. The molecule has 182 valence electrons. The summed E-state index contributed by atoms with van der Waals surface area (Å²) in [6, 6.07) is 6.06. The molecule has 2 heterocycles. The third-order valence-corrected chi connectivity index (χ3v) is 5.46. The summed E-state index contributed by atoms with van der Waals surface area (Å²) in [6.45, 7) is -0.715. The van der Waals surface area contributed by atoms with E-state index in [2.05, 4.69) is 0 Å². The first-order valence-corrected chi connectivity index (χ1v) is 10.0. The molecule has 0 aliphatic carbocycles. The van der Waals surface area contributed by atoms with E-state index in [9.17, 15) is 40.5 Å². The summed E-state index contributed by atoms with van der Waals surface area (Å²) < 4.78 is 21.5. The predicted molar refractivity (Wildman–Crippen MR) is 114 cm³/mol. The lowest BCUT2D eigenvalue weighted by molar-refractivity contribution is -0.277. The number of phenolic OH excluding ortho intramolecular Hbond substituents is 3. The van der Waals surface area contributed by atoms with E-state index >= 15 is 0 Å². The van der Waals surface area contributed by atoms with E-state index in [1.54, 1.807) is 0 Å². The summed E-state index contributed by atoms with van der Waals surface area (Å²) in [5.41, 5.74) is -0.895. The lowest BCUT2D eigenvalue weighted by Crippen LogP contribution is -2.60. The third kappa shape index (κ3) is 3.97. The van der Waals surface area contributed by atoms with Crippen LogP contribution in [0.3, 0.4) is 0 Å². The van der Waals surface area contributed by atoms with E-state index in [4.69, 9.17) is 18.6 Å². The first-order valence-electron chi connectivity index (χ1n) is 10.0. The quantitative estimate of drug-likeness (QED) is 0.254. The van der Waals surface area contributed by atoms with Gasteiger partial charge >= 0.3 is 0 Å². The molecule has 7 N–H and O–H groups in total. The Morgan fingerprint density at radius 3 is 2.32 bits per heavy atom. The van der Waals surface area contributed by atoms with E-state index in [1.165, 1.54) is 25.3 Å². The number of benzene rings is 2. The van der Waals surface area contributed by atoms with Gasteiger partial charge in [0.05, 0.1) is 13.7 Å². The van der Waals surface area contributed by atoms with Crippen molar-refractivity contribution in [1.82, 2.24) is 0 Å². The highest BCUT2D eigenvalue weighted by molar-refractivity contribution is 5.91. The minimum atomic E-state index is -1.81. The molecule has 5 atom stereocenters. The molecular weight excluding hydrogens is 456 g/mol. The Labute approximate surface area is 191 Å². The van der Waals surface area contributed by atoms with Gasteiger partial charge < -0.3 is 54.4 Å². The summed E-state index contributed by atoms with van der Waals surface area (Å²) in [7, 11) is 1.36. The van der Waals surface area contributed by atoms with Gasteiger partial charge in [-0.05, 0) is 18.2 Å². The summed E-state index contributed by atoms with van der Waals surface area (Å²) in [5.74, 6) is -1.97. The van der Waals surface area contributed by atoms with Gasteiger partial charge in [0.2, 0.25) is 12.0 Å². The van der Waals surface area contributed by atoms with E-state index in [0.717, 1.165) is 12.1 Å². The van der Waals surface area contributed by atoms with Crippen molar-refractivity contribution in [2.75, 3.05) is 13.7 Å². The first-order chi connectivity index (χ1) is 16.2. The minimum Gasteiger partial charge on any atom is -0.507 e. The summed E-state index contributed by atoms with van der Waals surface area (Å²) in [6.07, 6.45) is -8.20. The van der Waals surface area contributed by atoms with Crippen LogP contribution in [0.5, 0.6) is 28.7 Å². The van der Waals surface area contributed by atoms with Crippen LogP contribution in [0.1, 0.15) is 0 Å². The second-order valence-corrected chi connectivity index (χ2v) is 7.62. The van der Waals surface area contributed by atoms with Crippen molar-refractivity contribution in [3.05, 3.63) is 40.6 Å². The van der Waals surface area contributed by atoms with E-state index < -0.39 is 65.6 Å². The van der Waals surface area contributed by atoms with Crippen molar-refractivity contribution < 1.29 is 54.4 Å². The average Bonchev–Trinajstić information content (AvgIpc) is 2.80. The maximum Gasteiger partial charge on any atom is 0.229 e. The molecule has 0 bridgehead atoms. The van der Waals surface area contributed by atoms with Crippen molar-refractivity contribution in [2.24, 2.45) is 0 Å². The second kappa shape index (κ2) is 9.00. The Balaban J connectivity index is 1.84. The van der Waals surface area contributed by atoms with E-state index in [-0.39, 0.29) is 28.2 Å². The largest absolute Gasteiger partial charge is 0.507 e. The number of hydrogen-bond acceptors (Lipinski definition) is 12. The van der Waals surface area contributed by atoms with E-state index in [0.29, 0.717) is 0 Å². The average molecular weight is 478 g/mol. The van der Waals surface area contributed by atoms with Crippen LogP contribution in [0.15, 0.2) is 39.5 Å². The van der Waals surface area contributed by atoms with Crippen LogP contribution in [0.4, 0.5) is 0 Å². The van der Waals surface area contributed by atoms with Crippen LogP contribution < -0.4 is 14.9 Å². The van der Waals surface area contributed by atoms with Gasteiger partial charge in [0.15, 0.2) is 28.3 Å². The normalized spacial score (nSPS) is 24.8. The zero-order valence-corrected chi connectivity index (χ0v) is 17.7. The molecule has 0 saturated carbocycles. The molecular formula is C22H22O12. The summed E-state index contributed by atoms with van der Waals surface area (Å²) in [5, 5.41) is 69.9. The van der Waals surface area contributed by atoms with Crippen LogP contribution >= 0.6 is 0 Å². The SMILES string of the molecule is COc1ccc(-c2cc(=O)c3c(O)cc(O)c(O[C@@H]4O[C@H](CO)[C@@H](O)[C@H](O)[C@H]4O)c3o2)cc1O. The van der Waals surface area contributed by atoms with Crippen LogP contribution in [0.25, 0.3) is 22.3 Å². The Morgan fingerprint density at radius 1 is 0.941 bits per heavy atom. The zero-order chi connectivity index (χ0) is 24.7. The molecule has 4 rings (SSSR count). The number of aliphatic hydroxyl groups excluding tert-OH is 4. The molecule has 0 spiro atoms. The molecule has 12 nitrogen and oxygen atoms in total. The topological polar surface area (TPSA) is 200 Å². The highest BCUT2D eigenvalue weighted by Gasteiger charge is 2.45. The number of fused-ring (bicyclic) bond motifs is 1. The van der Waals surface area contributed by atoms with Crippen molar-refractivity contribution in [1.29, 1.82) is 0 Å². The number of ether oxygens (including phenoxy) is 3. The molecule has 1 fully saturated rings. The highest BCUT2D eigenvalue weighted by Crippen LogP contribution is 2.42. The number of methoxy groups -OCH3 is 1. The molecule has 0 unspecified atom stereocenters. The molecule has 0 radical (unpaired) electrons. The van der Waals surface area contributed by atoms with Gasteiger partial charge in [-0.25, -0.2) is 0 Å². The van der Waals surface area contributed by atoms with Gasteiger partial charge in [-0.2, -0.15) is 0 Å². The fourth-order valence-corrected chi connectivity index (χ4v) is 3.66. The molecule has 2 aromatic carbocycles. The number of aromatic hydroxyl groups is 3. The van der Waals surface area contributed by atoms with E-state index in [1.807, 2.05) is 0 Å². The molecule has 12 heteroatoms. The predicted octanol–water partition coefficient (Wildman–Crippen LogP) is -0.236. The lowest BCUT2D eigenvalue weighted by atomic mass is 9.99. The maximum absolute atomic E-state index is 12.8. The Bertz CT molecular complexity index is 1270. The molecule has 34 heavy (non-hydrogen) atoms.